The van der Waals surface area contributed by atoms with Crippen LogP contribution in [0.2, 0.25) is 5.02 Å². The quantitative estimate of drug-likeness (QED) is 0.105. The second-order valence-corrected chi connectivity index (χ2v) is 13.9. The highest BCUT2D eigenvalue weighted by Gasteiger charge is 2.54. The van der Waals surface area contributed by atoms with Crippen LogP contribution in [0.3, 0.4) is 0 Å². The number of carbonyl (C=O) groups is 2. The summed E-state index contributed by atoms with van der Waals surface area (Å²) in [5, 5.41) is 8.01. The zero-order chi connectivity index (χ0) is 38.0. The van der Waals surface area contributed by atoms with E-state index in [1.165, 1.54) is 24.1 Å². The number of ether oxygens (including phenoxy) is 2. The topological polar surface area (TPSA) is 111 Å². The molecule has 278 valence electrons. The van der Waals surface area contributed by atoms with E-state index in [4.69, 9.17) is 26.0 Å². The lowest BCUT2D eigenvalue weighted by Crippen LogP contribution is -2.43. The van der Waals surface area contributed by atoms with Crippen LogP contribution in [0, 0.1) is 0 Å². The normalized spacial score (nSPS) is 15.4. The lowest BCUT2D eigenvalue weighted by molar-refractivity contribution is -0.274. The average Bonchev–Trinajstić information content (AvgIpc) is 3.84. The van der Waals surface area contributed by atoms with E-state index in [-0.39, 0.29) is 17.9 Å². The molecule has 1 unspecified atom stereocenters. The molecule has 1 heterocycles. The van der Waals surface area contributed by atoms with Crippen molar-refractivity contribution in [2.45, 2.75) is 63.6 Å². The molecular formula is C39H38ClF3N4O6. The molecule has 1 aliphatic carbocycles. The summed E-state index contributed by atoms with van der Waals surface area (Å²) in [6, 6.07) is 24.4. The molecule has 53 heavy (non-hydrogen) atoms. The maximum atomic E-state index is 14.6. The van der Waals surface area contributed by atoms with Crippen LogP contribution in [0.4, 0.5) is 24.5 Å². The minimum atomic E-state index is -4.89. The molecular weight excluding hydrogens is 713 g/mol. The molecule has 14 heteroatoms. The van der Waals surface area contributed by atoms with Gasteiger partial charge in [-0.3, -0.25) is 14.4 Å². The Bertz CT molecular complexity index is 2000. The van der Waals surface area contributed by atoms with E-state index in [2.05, 4.69) is 20.7 Å². The molecule has 4 aromatic carbocycles. The van der Waals surface area contributed by atoms with Crippen molar-refractivity contribution >= 4 is 40.5 Å². The van der Waals surface area contributed by atoms with Crippen LogP contribution in [0.25, 0.3) is 0 Å². The molecule has 1 atom stereocenters. The van der Waals surface area contributed by atoms with Crippen molar-refractivity contribution in [3.05, 3.63) is 118 Å². The molecule has 10 nitrogen and oxygen atoms in total. The molecule has 1 spiro atoms. The van der Waals surface area contributed by atoms with Crippen LogP contribution in [0.5, 0.6) is 11.5 Å². The Kier molecular flexibility index (Phi) is 10.6. The smallest absolute Gasteiger partial charge is 0.497 e. The summed E-state index contributed by atoms with van der Waals surface area (Å²) in [6.07, 6.45) is -3.27. The maximum absolute atomic E-state index is 14.6. The Morgan fingerprint density at radius 2 is 1.68 bits per heavy atom. The van der Waals surface area contributed by atoms with Crippen molar-refractivity contribution in [2.24, 2.45) is 5.16 Å². The molecule has 0 saturated heterocycles. The lowest BCUT2D eigenvalue weighted by atomic mass is 9.99. The van der Waals surface area contributed by atoms with Gasteiger partial charge in [0, 0.05) is 40.4 Å². The number of anilines is 2. The Balaban J connectivity index is 1.24. The van der Waals surface area contributed by atoms with Crippen molar-refractivity contribution < 1.29 is 41.9 Å². The predicted octanol–water partition coefficient (Wildman–Crippen LogP) is 8.25. The molecule has 1 fully saturated rings. The number of nitrogens with zero attached hydrogens (tertiary/aromatic N) is 2. The van der Waals surface area contributed by atoms with Crippen molar-refractivity contribution in [2.75, 3.05) is 23.9 Å². The summed E-state index contributed by atoms with van der Waals surface area (Å²) in [6.45, 7) is 5.27. The number of oxime groups is 1. The first-order chi connectivity index (χ1) is 25.2. The second kappa shape index (κ2) is 15.0. The summed E-state index contributed by atoms with van der Waals surface area (Å²) in [7, 11) is 1.49. The van der Waals surface area contributed by atoms with Gasteiger partial charge in [-0.15, -0.1) is 13.2 Å². The van der Waals surface area contributed by atoms with Crippen molar-refractivity contribution in [3.8, 4) is 11.5 Å². The van der Waals surface area contributed by atoms with Gasteiger partial charge >= 0.3 is 6.36 Å². The number of fused-ring (bicyclic) bond motifs is 2. The molecule has 0 bridgehead atoms. The minimum Gasteiger partial charge on any atom is -0.497 e. The highest BCUT2D eigenvalue weighted by atomic mass is 35.5. The third kappa shape index (κ3) is 8.86. The number of halogens is 4. The van der Waals surface area contributed by atoms with E-state index in [0.29, 0.717) is 45.5 Å². The number of carbonyl (C=O) groups excluding carboxylic acids is 2. The molecule has 2 N–H and O–H groups in total. The van der Waals surface area contributed by atoms with Gasteiger partial charge in [0.25, 0.3) is 11.8 Å². The highest BCUT2D eigenvalue weighted by Crippen LogP contribution is 2.57. The van der Waals surface area contributed by atoms with Crippen molar-refractivity contribution in [1.82, 2.24) is 5.48 Å². The van der Waals surface area contributed by atoms with E-state index < -0.39 is 29.7 Å². The van der Waals surface area contributed by atoms with E-state index in [0.717, 1.165) is 24.0 Å². The zero-order valence-corrected chi connectivity index (χ0v) is 30.2. The SMILES string of the molecule is COc1cc(NC(C(=O)N2CC3(CC3)c3ccc(OC(F)(F)F)cc32)c2ccc(Cl)cc2)cc(/C(C)=N/OC(C)(C)C(=O)NOCc2ccccc2)c1. The first-order valence-electron chi connectivity index (χ1n) is 16.8. The van der Waals surface area contributed by atoms with Gasteiger partial charge in [0.15, 0.2) is 0 Å². The fourth-order valence-electron chi connectivity index (χ4n) is 6.06. The van der Waals surface area contributed by atoms with Gasteiger partial charge in [-0.2, -0.15) is 0 Å². The number of benzene rings is 4. The van der Waals surface area contributed by atoms with Gasteiger partial charge in [-0.25, -0.2) is 5.48 Å². The van der Waals surface area contributed by atoms with Crippen LogP contribution in [-0.2, 0) is 31.3 Å². The number of methoxy groups -OCH3 is 1. The van der Waals surface area contributed by atoms with Gasteiger partial charge in [-0.1, -0.05) is 65.3 Å². The number of amides is 2. The highest BCUT2D eigenvalue weighted by molar-refractivity contribution is 6.30. The Hall–Kier alpha value is -5.27. The third-order valence-electron chi connectivity index (χ3n) is 9.17. The number of rotatable bonds is 13. The fourth-order valence-corrected chi connectivity index (χ4v) is 6.19. The number of hydroxylamine groups is 1. The van der Waals surface area contributed by atoms with Gasteiger partial charge in [0.1, 0.15) is 17.5 Å². The first kappa shape index (κ1) is 37.5. The molecule has 0 radical (unpaired) electrons. The summed E-state index contributed by atoms with van der Waals surface area (Å²) >= 11 is 6.20. The zero-order valence-electron chi connectivity index (χ0n) is 29.4. The maximum Gasteiger partial charge on any atom is 0.573 e. The van der Waals surface area contributed by atoms with Gasteiger partial charge in [0.2, 0.25) is 5.60 Å². The second-order valence-electron chi connectivity index (χ2n) is 13.5. The van der Waals surface area contributed by atoms with E-state index >= 15 is 0 Å². The number of hydrogen-bond acceptors (Lipinski definition) is 8. The number of nitrogens with one attached hydrogen (secondary N) is 2. The van der Waals surface area contributed by atoms with Gasteiger partial charge in [0.05, 0.1) is 25.1 Å². The van der Waals surface area contributed by atoms with Crippen molar-refractivity contribution in [1.29, 1.82) is 0 Å². The minimum absolute atomic E-state index is 0.169. The summed E-state index contributed by atoms with van der Waals surface area (Å²) in [5.74, 6) is -0.902. The third-order valence-corrected chi connectivity index (χ3v) is 9.42. The molecule has 6 rings (SSSR count). The Labute approximate surface area is 309 Å². The summed E-state index contributed by atoms with van der Waals surface area (Å²) in [5.41, 5.74) is 4.74. The van der Waals surface area contributed by atoms with Crippen LogP contribution in [0.1, 0.15) is 61.9 Å². The molecule has 2 amide bonds. The molecule has 1 aliphatic heterocycles. The van der Waals surface area contributed by atoms with Crippen LogP contribution in [0.15, 0.2) is 96.2 Å². The largest absolute Gasteiger partial charge is 0.573 e. The molecule has 0 aromatic heterocycles. The molecule has 1 saturated carbocycles. The Morgan fingerprint density at radius 3 is 2.34 bits per heavy atom. The van der Waals surface area contributed by atoms with E-state index in [9.17, 15) is 22.8 Å². The Morgan fingerprint density at radius 1 is 0.962 bits per heavy atom. The van der Waals surface area contributed by atoms with E-state index in [1.807, 2.05) is 30.3 Å². The summed E-state index contributed by atoms with van der Waals surface area (Å²) in [4.78, 5) is 40.0. The fraction of sp³-hybridized carbons (Fsp3) is 0.308. The summed E-state index contributed by atoms with van der Waals surface area (Å²) < 4.78 is 49.3. The number of hydrogen-bond donors (Lipinski definition) is 2. The average molecular weight is 751 g/mol. The first-order valence-corrected chi connectivity index (χ1v) is 17.2. The standard InChI is InChI=1S/C39H38ClF3N4O6/c1-24(45-53-37(2,3)36(49)46-51-22-25-8-6-5-7-9-25)27-18-29(20-31(19-27)50-4)44-34(26-10-12-28(40)13-11-26)35(48)47-23-38(16-17-38)32-15-14-30(21-33(32)47)52-39(41,42)43/h5-15,18-21,34,44H,16-17,22-23H2,1-4H3,(H,46,49)/b45-24+. The number of alkyl halides is 3. The van der Waals surface area contributed by atoms with Crippen LogP contribution in [-0.4, -0.2) is 43.1 Å². The lowest BCUT2D eigenvalue weighted by Gasteiger charge is -2.27. The van der Waals surface area contributed by atoms with Crippen LogP contribution >= 0.6 is 11.6 Å². The van der Waals surface area contributed by atoms with Crippen LogP contribution < -0.4 is 25.2 Å². The predicted molar refractivity (Wildman–Crippen MR) is 194 cm³/mol. The molecule has 2 aliphatic rings. The molecule has 4 aromatic rings. The van der Waals surface area contributed by atoms with Crippen molar-refractivity contribution in [3.63, 3.8) is 0 Å². The van der Waals surface area contributed by atoms with Gasteiger partial charge < -0.3 is 24.5 Å². The monoisotopic (exact) mass is 750 g/mol. The van der Waals surface area contributed by atoms with Gasteiger partial charge in [-0.05, 0) is 80.6 Å². The van der Waals surface area contributed by atoms with E-state index in [1.54, 1.807) is 69.3 Å².